The van der Waals surface area contributed by atoms with E-state index in [0.717, 1.165) is 11.3 Å². The van der Waals surface area contributed by atoms with Gasteiger partial charge in [-0.1, -0.05) is 48.5 Å². The van der Waals surface area contributed by atoms with Crippen molar-refractivity contribution in [3.8, 4) is 11.5 Å². The van der Waals surface area contributed by atoms with Crippen LogP contribution in [0.5, 0.6) is 11.5 Å². The van der Waals surface area contributed by atoms with Gasteiger partial charge in [0.2, 0.25) is 0 Å². The Kier molecular flexibility index (Phi) is 5.78. The summed E-state index contributed by atoms with van der Waals surface area (Å²) in [6, 6.07) is 25.4. The second-order valence-electron chi connectivity index (χ2n) is 5.69. The molecule has 130 valence electrons. The average Bonchev–Trinajstić information content (AvgIpc) is 2.68. The van der Waals surface area contributed by atoms with Crippen molar-refractivity contribution in [2.45, 2.75) is 13.0 Å². The van der Waals surface area contributed by atoms with Gasteiger partial charge >= 0.3 is 5.97 Å². The van der Waals surface area contributed by atoms with Crippen LogP contribution in [0.15, 0.2) is 84.9 Å². The molecule has 0 aliphatic heterocycles. The molecule has 4 heteroatoms. The number of carbonyl (C=O) groups excluding carboxylic acids is 2. The van der Waals surface area contributed by atoms with Crippen molar-refractivity contribution in [2.24, 2.45) is 0 Å². The number of hydrogen-bond acceptors (Lipinski definition) is 4. The highest BCUT2D eigenvalue weighted by atomic mass is 16.5. The van der Waals surface area contributed by atoms with Crippen LogP contribution in [0, 0.1) is 0 Å². The van der Waals surface area contributed by atoms with Crippen LogP contribution in [0.25, 0.3) is 0 Å². The fraction of sp³-hybridized carbons (Fsp3) is 0.0909. The number of ether oxygens (including phenoxy) is 2. The molecule has 26 heavy (non-hydrogen) atoms. The largest absolute Gasteiger partial charge is 0.460 e. The standard InChI is InChI=1S/C22H18O4/c23-21(15-22(24)25-16-17-7-3-1-4-8-17)18-11-13-20(14-12-18)26-19-9-5-2-6-10-19/h1-14H,15-16H2. The normalized spacial score (nSPS) is 10.2. The molecule has 0 saturated heterocycles. The van der Waals surface area contributed by atoms with Crippen molar-refractivity contribution >= 4 is 11.8 Å². The second-order valence-corrected chi connectivity index (χ2v) is 5.69. The predicted octanol–water partition coefficient (Wildman–Crippen LogP) is 4.80. The zero-order chi connectivity index (χ0) is 18.2. The van der Waals surface area contributed by atoms with E-state index >= 15 is 0 Å². The van der Waals surface area contributed by atoms with Gasteiger partial charge in [-0.15, -0.1) is 0 Å². The third kappa shape index (κ3) is 5.05. The van der Waals surface area contributed by atoms with E-state index in [1.54, 1.807) is 24.3 Å². The average molecular weight is 346 g/mol. The zero-order valence-corrected chi connectivity index (χ0v) is 14.1. The summed E-state index contributed by atoms with van der Waals surface area (Å²) >= 11 is 0. The highest BCUT2D eigenvalue weighted by Gasteiger charge is 2.13. The molecule has 0 amide bonds. The molecule has 0 bridgehead atoms. The first-order valence-corrected chi connectivity index (χ1v) is 8.26. The van der Waals surface area contributed by atoms with Crippen molar-refractivity contribution in [1.82, 2.24) is 0 Å². The minimum absolute atomic E-state index is 0.163. The van der Waals surface area contributed by atoms with E-state index < -0.39 is 5.97 Å². The molecule has 3 rings (SSSR count). The van der Waals surface area contributed by atoms with Crippen molar-refractivity contribution in [3.05, 3.63) is 96.1 Å². The summed E-state index contributed by atoms with van der Waals surface area (Å²) in [5.41, 5.74) is 1.33. The quantitative estimate of drug-likeness (QED) is 0.350. The SMILES string of the molecule is O=C(CC(=O)c1ccc(Oc2ccccc2)cc1)OCc1ccccc1. The van der Waals surface area contributed by atoms with E-state index in [0.29, 0.717) is 11.3 Å². The van der Waals surface area contributed by atoms with Crippen LogP contribution in [0.2, 0.25) is 0 Å². The molecule has 3 aromatic rings. The smallest absolute Gasteiger partial charge is 0.314 e. The predicted molar refractivity (Wildman–Crippen MR) is 98.1 cm³/mol. The summed E-state index contributed by atoms with van der Waals surface area (Å²) in [5.74, 6) is 0.522. The molecular weight excluding hydrogens is 328 g/mol. The van der Waals surface area contributed by atoms with Crippen LogP contribution in [0.1, 0.15) is 22.3 Å². The molecule has 0 radical (unpaired) electrons. The maximum atomic E-state index is 12.2. The van der Waals surface area contributed by atoms with Gasteiger partial charge < -0.3 is 9.47 Å². The van der Waals surface area contributed by atoms with E-state index in [1.807, 2.05) is 60.7 Å². The number of benzene rings is 3. The Bertz CT molecular complexity index is 856. The molecule has 0 unspecified atom stereocenters. The first-order chi connectivity index (χ1) is 12.7. The number of rotatable bonds is 7. The monoisotopic (exact) mass is 346 g/mol. The summed E-state index contributed by atoms with van der Waals surface area (Å²) in [4.78, 5) is 24.0. The number of ketones is 1. The van der Waals surface area contributed by atoms with Crippen molar-refractivity contribution < 1.29 is 19.1 Å². The maximum absolute atomic E-state index is 12.2. The molecule has 0 N–H and O–H groups in total. The third-order valence-electron chi connectivity index (χ3n) is 3.70. The summed E-state index contributed by atoms with van der Waals surface area (Å²) < 4.78 is 10.8. The third-order valence-corrected chi connectivity index (χ3v) is 3.70. The fourth-order valence-corrected chi connectivity index (χ4v) is 2.36. The Balaban J connectivity index is 1.52. The lowest BCUT2D eigenvalue weighted by atomic mass is 10.1. The number of hydrogen-bond donors (Lipinski definition) is 0. The molecule has 0 atom stereocenters. The van der Waals surface area contributed by atoms with E-state index in [4.69, 9.17) is 9.47 Å². The first-order valence-electron chi connectivity index (χ1n) is 8.26. The molecule has 0 aliphatic carbocycles. The highest BCUT2D eigenvalue weighted by Crippen LogP contribution is 2.21. The van der Waals surface area contributed by atoms with Crippen LogP contribution >= 0.6 is 0 Å². The molecule has 0 saturated carbocycles. The first kappa shape index (κ1) is 17.4. The lowest BCUT2D eigenvalue weighted by Crippen LogP contribution is -2.11. The molecule has 0 fully saturated rings. The van der Waals surface area contributed by atoms with Gasteiger partial charge in [0.25, 0.3) is 0 Å². The summed E-state index contributed by atoms with van der Waals surface area (Å²) in [5, 5.41) is 0. The van der Waals surface area contributed by atoms with Gasteiger partial charge in [-0.25, -0.2) is 0 Å². The Morgan fingerprint density at radius 3 is 1.92 bits per heavy atom. The van der Waals surface area contributed by atoms with Crippen molar-refractivity contribution in [1.29, 1.82) is 0 Å². The topological polar surface area (TPSA) is 52.6 Å². The number of carbonyl (C=O) groups is 2. The minimum atomic E-state index is -0.538. The van der Waals surface area contributed by atoms with Gasteiger partial charge in [0.05, 0.1) is 0 Å². The van der Waals surface area contributed by atoms with Crippen LogP contribution in [0.4, 0.5) is 0 Å². The molecule has 0 aromatic heterocycles. The van der Waals surface area contributed by atoms with Crippen LogP contribution in [0.3, 0.4) is 0 Å². The molecule has 0 aliphatic rings. The molecule has 0 heterocycles. The molecular formula is C22H18O4. The summed E-state index contributed by atoms with van der Waals surface area (Å²) in [7, 11) is 0. The Morgan fingerprint density at radius 2 is 1.27 bits per heavy atom. The highest BCUT2D eigenvalue weighted by molar-refractivity contribution is 6.05. The second kappa shape index (κ2) is 8.62. The maximum Gasteiger partial charge on any atom is 0.314 e. The van der Waals surface area contributed by atoms with Crippen molar-refractivity contribution in [3.63, 3.8) is 0 Å². The van der Waals surface area contributed by atoms with Crippen LogP contribution < -0.4 is 4.74 Å². The van der Waals surface area contributed by atoms with Gasteiger partial charge in [0.15, 0.2) is 5.78 Å². The fourth-order valence-electron chi connectivity index (χ4n) is 2.36. The number of esters is 1. The number of Topliss-reactive ketones (excluding diaryl/α,β-unsaturated/α-hetero) is 1. The van der Waals surface area contributed by atoms with Gasteiger partial charge in [-0.2, -0.15) is 0 Å². The van der Waals surface area contributed by atoms with Gasteiger partial charge in [-0.05, 0) is 42.0 Å². The van der Waals surface area contributed by atoms with E-state index in [-0.39, 0.29) is 18.8 Å². The van der Waals surface area contributed by atoms with Gasteiger partial charge in [0.1, 0.15) is 24.5 Å². The Hall–Kier alpha value is -3.40. The molecule has 3 aromatic carbocycles. The van der Waals surface area contributed by atoms with Crippen LogP contribution in [-0.4, -0.2) is 11.8 Å². The van der Waals surface area contributed by atoms with Gasteiger partial charge in [0, 0.05) is 5.56 Å². The minimum Gasteiger partial charge on any atom is -0.460 e. The number of para-hydroxylation sites is 1. The molecule has 0 spiro atoms. The van der Waals surface area contributed by atoms with Crippen LogP contribution in [-0.2, 0) is 16.1 Å². The molecule has 4 nitrogen and oxygen atoms in total. The summed E-state index contributed by atoms with van der Waals surface area (Å²) in [6.07, 6.45) is -0.286. The lowest BCUT2D eigenvalue weighted by Gasteiger charge is -2.07. The Morgan fingerprint density at radius 1 is 0.692 bits per heavy atom. The van der Waals surface area contributed by atoms with E-state index in [9.17, 15) is 9.59 Å². The lowest BCUT2D eigenvalue weighted by molar-refractivity contribution is -0.143. The zero-order valence-electron chi connectivity index (χ0n) is 14.1. The summed E-state index contributed by atoms with van der Waals surface area (Å²) in [6.45, 7) is 0.163. The van der Waals surface area contributed by atoms with E-state index in [1.165, 1.54) is 0 Å². The van der Waals surface area contributed by atoms with Gasteiger partial charge in [-0.3, -0.25) is 9.59 Å². The Labute approximate surface area is 152 Å². The van der Waals surface area contributed by atoms with Crippen molar-refractivity contribution in [2.75, 3.05) is 0 Å². The van der Waals surface area contributed by atoms with E-state index in [2.05, 4.69) is 0 Å².